The number of amides is 2. The van der Waals surface area contributed by atoms with Gasteiger partial charge in [-0.05, 0) is 29.8 Å². The highest BCUT2D eigenvalue weighted by molar-refractivity contribution is 9.10. The van der Waals surface area contributed by atoms with Crippen LogP contribution in [0.15, 0.2) is 64.8 Å². The molecule has 0 aliphatic rings. The van der Waals surface area contributed by atoms with Crippen LogP contribution in [-0.2, 0) is 9.59 Å². The molecule has 0 aromatic heterocycles. The van der Waals surface area contributed by atoms with Gasteiger partial charge in [-0.2, -0.15) is 0 Å². The van der Waals surface area contributed by atoms with Gasteiger partial charge in [0, 0.05) is 10.0 Å². The first-order chi connectivity index (χ1) is 12.0. The zero-order valence-corrected chi connectivity index (χ0v) is 14.6. The van der Waals surface area contributed by atoms with Crippen molar-refractivity contribution in [1.29, 1.82) is 0 Å². The minimum absolute atomic E-state index is 0.0718. The Morgan fingerprint density at radius 1 is 1.04 bits per heavy atom. The number of aliphatic carboxylic acids is 1. The lowest BCUT2D eigenvalue weighted by molar-refractivity contribution is -0.303. The second-order valence-electron chi connectivity index (χ2n) is 4.99. The third kappa shape index (κ3) is 5.89. The summed E-state index contributed by atoms with van der Waals surface area (Å²) in [6, 6.07) is 15.5. The van der Waals surface area contributed by atoms with Crippen LogP contribution < -0.4 is 15.7 Å². The predicted molar refractivity (Wildman–Crippen MR) is 94.0 cm³/mol. The second-order valence-corrected chi connectivity index (χ2v) is 5.90. The van der Waals surface area contributed by atoms with Crippen molar-refractivity contribution in [3.8, 4) is 0 Å². The maximum absolute atomic E-state index is 12.4. The summed E-state index contributed by atoms with van der Waals surface area (Å²) in [5.41, 5.74) is 0.953. The summed E-state index contributed by atoms with van der Waals surface area (Å²) >= 11 is 3.27. The van der Waals surface area contributed by atoms with E-state index in [1.807, 2.05) is 6.07 Å². The molecule has 0 heterocycles. The van der Waals surface area contributed by atoms with E-state index in [1.165, 1.54) is 6.08 Å². The third-order valence-corrected chi connectivity index (χ3v) is 3.58. The molecule has 7 heteroatoms. The molecule has 2 amide bonds. The van der Waals surface area contributed by atoms with E-state index >= 15 is 0 Å². The number of hydrogen-bond acceptors (Lipinski definition) is 4. The van der Waals surface area contributed by atoms with Gasteiger partial charge in [0.15, 0.2) is 0 Å². The van der Waals surface area contributed by atoms with E-state index in [4.69, 9.17) is 0 Å². The van der Waals surface area contributed by atoms with E-state index in [2.05, 4.69) is 26.6 Å². The summed E-state index contributed by atoms with van der Waals surface area (Å²) in [6.45, 7) is -0.655. The van der Waals surface area contributed by atoms with Gasteiger partial charge < -0.3 is 20.5 Å². The number of rotatable bonds is 6. The van der Waals surface area contributed by atoms with E-state index in [0.717, 1.165) is 4.47 Å². The molecule has 2 aromatic carbocycles. The number of carbonyl (C=O) groups is 3. The Balaban J connectivity index is 2.25. The van der Waals surface area contributed by atoms with E-state index in [0.29, 0.717) is 11.1 Å². The molecule has 0 atom stereocenters. The average molecular weight is 402 g/mol. The van der Waals surface area contributed by atoms with Crippen molar-refractivity contribution in [3.63, 3.8) is 0 Å². The molecule has 128 valence electrons. The molecule has 2 aromatic rings. The predicted octanol–water partition coefficient (Wildman–Crippen LogP) is 1.09. The van der Waals surface area contributed by atoms with E-state index < -0.39 is 24.3 Å². The molecule has 25 heavy (non-hydrogen) atoms. The van der Waals surface area contributed by atoms with Crippen LogP contribution in [0.4, 0.5) is 0 Å². The maximum atomic E-state index is 12.4. The number of benzene rings is 2. The first-order valence-electron chi connectivity index (χ1n) is 7.27. The lowest BCUT2D eigenvalue weighted by Gasteiger charge is -2.11. The quantitative estimate of drug-likeness (QED) is 0.707. The molecular formula is C18H14BrN2O4-. The Labute approximate surface area is 152 Å². The standard InChI is InChI=1S/C18H15BrN2O4/c19-14-8-4-7-13(10-14)17(24)21-15(18(25)20-11-16(22)23)9-12-5-2-1-3-6-12/h1-10H,11H2,(H,20,25)(H,21,24)(H,22,23)/p-1/b15-9-. The lowest BCUT2D eigenvalue weighted by Crippen LogP contribution is -2.41. The van der Waals surface area contributed by atoms with E-state index in [-0.39, 0.29) is 5.70 Å². The van der Waals surface area contributed by atoms with Crippen LogP contribution in [0.3, 0.4) is 0 Å². The number of halogens is 1. The molecule has 0 saturated carbocycles. The SMILES string of the molecule is O=C([O-])CNC(=O)/C(=C/c1ccccc1)NC(=O)c1cccc(Br)c1. The van der Waals surface area contributed by atoms with Gasteiger partial charge in [-0.3, -0.25) is 9.59 Å². The largest absolute Gasteiger partial charge is 0.548 e. The summed E-state index contributed by atoms with van der Waals surface area (Å²) < 4.78 is 0.718. The summed E-state index contributed by atoms with van der Waals surface area (Å²) in [7, 11) is 0. The van der Waals surface area contributed by atoms with Gasteiger partial charge in [-0.15, -0.1) is 0 Å². The molecule has 2 rings (SSSR count). The van der Waals surface area contributed by atoms with Crippen LogP contribution in [-0.4, -0.2) is 24.3 Å². The van der Waals surface area contributed by atoms with Gasteiger partial charge in [0.1, 0.15) is 5.70 Å². The Kier molecular flexibility index (Phi) is 6.47. The number of carbonyl (C=O) groups excluding carboxylic acids is 3. The lowest BCUT2D eigenvalue weighted by atomic mass is 10.1. The van der Waals surface area contributed by atoms with Crippen LogP contribution in [0.5, 0.6) is 0 Å². The summed E-state index contributed by atoms with van der Waals surface area (Å²) in [4.78, 5) is 35.1. The van der Waals surface area contributed by atoms with E-state index in [9.17, 15) is 19.5 Å². The highest BCUT2D eigenvalue weighted by atomic mass is 79.9. The van der Waals surface area contributed by atoms with Crippen LogP contribution >= 0.6 is 15.9 Å². The normalized spacial score (nSPS) is 10.8. The molecule has 0 fully saturated rings. The molecule has 0 spiro atoms. The van der Waals surface area contributed by atoms with Crippen molar-refractivity contribution in [2.45, 2.75) is 0 Å². The average Bonchev–Trinajstić information content (AvgIpc) is 2.60. The minimum atomic E-state index is -1.43. The monoisotopic (exact) mass is 401 g/mol. The second kappa shape index (κ2) is 8.79. The van der Waals surface area contributed by atoms with E-state index in [1.54, 1.807) is 48.5 Å². The van der Waals surface area contributed by atoms with Crippen molar-refractivity contribution in [3.05, 3.63) is 75.9 Å². The van der Waals surface area contributed by atoms with Crippen molar-refractivity contribution >= 4 is 39.8 Å². The van der Waals surface area contributed by atoms with Crippen molar-refractivity contribution < 1.29 is 19.5 Å². The number of nitrogens with one attached hydrogen (secondary N) is 2. The van der Waals surface area contributed by atoms with Gasteiger partial charge in [-0.25, -0.2) is 0 Å². The first kappa shape index (κ1) is 18.4. The highest BCUT2D eigenvalue weighted by Crippen LogP contribution is 2.12. The fourth-order valence-corrected chi connectivity index (χ4v) is 2.35. The number of carboxylic acids is 1. The molecule has 2 N–H and O–H groups in total. The Morgan fingerprint density at radius 2 is 1.76 bits per heavy atom. The molecule has 0 aliphatic carbocycles. The molecule has 0 aliphatic heterocycles. The van der Waals surface area contributed by atoms with Crippen molar-refractivity contribution in [1.82, 2.24) is 10.6 Å². The number of carboxylic acid groups (broad SMARTS) is 1. The maximum Gasteiger partial charge on any atom is 0.268 e. The van der Waals surface area contributed by atoms with Crippen LogP contribution in [0.1, 0.15) is 15.9 Å². The summed E-state index contributed by atoms with van der Waals surface area (Å²) in [6.07, 6.45) is 1.46. The molecular weight excluding hydrogens is 388 g/mol. The zero-order chi connectivity index (χ0) is 18.2. The highest BCUT2D eigenvalue weighted by Gasteiger charge is 2.14. The first-order valence-corrected chi connectivity index (χ1v) is 8.06. The van der Waals surface area contributed by atoms with Gasteiger partial charge in [0.2, 0.25) is 0 Å². The van der Waals surface area contributed by atoms with Crippen LogP contribution in [0, 0.1) is 0 Å². The third-order valence-electron chi connectivity index (χ3n) is 3.08. The summed E-state index contributed by atoms with van der Waals surface area (Å²) in [5.74, 6) is -2.64. The van der Waals surface area contributed by atoms with Crippen LogP contribution in [0.25, 0.3) is 6.08 Å². The topological polar surface area (TPSA) is 98.3 Å². The van der Waals surface area contributed by atoms with Gasteiger partial charge >= 0.3 is 0 Å². The molecule has 6 nitrogen and oxygen atoms in total. The minimum Gasteiger partial charge on any atom is -0.548 e. The molecule has 0 bridgehead atoms. The molecule has 0 unspecified atom stereocenters. The fourth-order valence-electron chi connectivity index (χ4n) is 1.95. The van der Waals surface area contributed by atoms with Crippen molar-refractivity contribution in [2.24, 2.45) is 0 Å². The Bertz CT molecular complexity index is 819. The zero-order valence-electron chi connectivity index (χ0n) is 13.0. The van der Waals surface area contributed by atoms with Gasteiger partial charge in [0.25, 0.3) is 11.8 Å². The summed E-state index contributed by atoms with van der Waals surface area (Å²) in [5, 5.41) is 15.2. The fraction of sp³-hybridized carbons (Fsp3) is 0.0556. The molecule has 0 saturated heterocycles. The Hall–Kier alpha value is -2.93. The van der Waals surface area contributed by atoms with Crippen molar-refractivity contribution in [2.75, 3.05) is 6.54 Å². The smallest absolute Gasteiger partial charge is 0.268 e. The van der Waals surface area contributed by atoms with Crippen LogP contribution in [0.2, 0.25) is 0 Å². The van der Waals surface area contributed by atoms with Gasteiger partial charge in [-0.1, -0.05) is 52.3 Å². The van der Waals surface area contributed by atoms with Gasteiger partial charge in [0.05, 0.1) is 12.5 Å². The Morgan fingerprint density at radius 3 is 2.40 bits per heavy atom. The number of hydrogen-bond donors (Lipinski definition) is 2. The molecule has 0 radical (unpaired) electrons.